The fourth-order valence-corrected chi connectivity index (χ4v) is 2.21. The minimum atomic E-state index is -0.908. The molecule has 4 heteroatoms. The Kier molecular flexibility index (Phi) is 4.82. The zero-order valence-electron chi connectivity index (χ0n) is 11.8. The Balaban J connectivity index is 2.18. The Bertz CT molecular complexity index is 604. The molecule has 2 rings (SSSR count). The number of aromatic hydroxyl groups is 1. The fraction of sp³-hybridized carbons (Fsp3) is 0.235. The average molecular weight is 286 g/mol. The first-order valence-corrected chi connectivity index (χ1v) is 6.83. The summed E-state index contributed by atoms with van der Waals surface area (Å²) in [7, 11) is 0. The summed E-state index contributed by atoms with van der Waals surface area (Å²) in [5.74, 6) is -0.750. The van der Waals surface area contributed by atoms with E-state index < -0.39 is 11.9 Å². The van der Waals surface area contributed by atoms with E-state index in [0.717, 1.165) is 11.3 Å². The molecule has 2 aromatic rings. The van der Waals surface area contributed by atoms with E-state index in [2.05, 4.69) is 0 Å². The third kappa shape index (κ3) is 3.99. The second kappa shape index (κ2) is 6.79. The number of carboxylic acid groups (broad SMARTS) is 1. The molecule has 0 aromatic heterocycles. The molecular formula is C17H18O4. The maximum atomic E-state index is 11.5. The molecule has 0 heterocycles. The molecule has 110 valence electrons. The molecule has 4 nitrogen and oxygen atoms in total. The smallest absolute Gasteiger partial charge is 0.311 e. The van der Waals surface area contributed by atoms with Gasteiger partial charge in [0.25, 0.3) is 0 Å². The van der Waals surface area contributed by atoms with Gasteiger partial charge in [-0.25, -0.2) is 0 Å². The van der Waals surface area contributed by atoms with Gasteiger partial charge in [-0.3, -0.25) is 4.79 Å². The molecule has 0 aliphatic heterocycles. The lowest BCUT2D eigenvalue weighted by molar-refractivity contribution is -0.138. The van der Waals surface area contributed by atoms with Gasteiger partial charge in [0.05, 0.1) is 12.5 Å². The highest BCUT2D eigenvalue weighted by Gasteiger charge is 2.20. The molecule has 0 bridgehead atoms. The standard InChI is InChI=1S/C17H18O4/c1-2-21-15-8-6-12(7-9-15)10-16(17(19)20)13-4-3-5-14(18)11-13/h3-9,11,16,18H,2,10H2,1H3,(H,19,20). The van der Waals surface area contributed by atoms with E-state index in [0.29, 0.717) is 18.6 Å². The quantitative estimate of drug-likeness (QED) is 0.855. The summed E-state index contributed by atoms with van der Waals surface area (Å²) in [4.78, 5) is 11.5. The highest BCUT2D eigenvalue weighted by molar-refractivity contribution is 5.76. The van der Waals surface area contributed by atoms with E-state index in [1.54, 1.807) is 12.1 Å². The summed E-state index contributed by atoms with van der Waals surface area (Å²) < 4.78 is 5.36. The Hall–Kier alpha value is -2.49. The molecular weight excluding hydrogens is 268 g/mol. The normalized spacial score (nSPS) is 11.9. The van der Waals surface area contributed by atoms with Gasteiger partial charge < -0.3 is 14.9 Å². The van der Waals surface area contributed by atoms with Gasteiger partial charge in [0.2, 0.25) is 0 Å². The van der Waals surface area contributed by atoms with Crippen LogP contribution >= 0.6 is 0 Å². The number of carboxylic acids is 1. The number of phenolic OH excluding ortho intramolecular Hbond substituents is 1. The summed E-state index contributed by atoms with van der Waals surface area (Å²) in [5.41, 5.74) is 1.51. The van der Waals surface area contributed by atoms with Crippen molar-refractivity contribution in [3.8, 4) is 11.5 Å². The summed E-state index contributed by atoms with van der Waals surface area (Å²) in [5, 5.41) is 18.9. The van der Waals surface area contributed by atoms with Gasteiger partial charge in [0, 0.05) is 0 Å². The van der Waals surface area contributed by atoms with Crippen LogP contribution < -0.4 is 4.74 Å². The second-order valence-corrected chi connectivity index (χ2v) is 4.77. The van der Waals surface area contributed by atoms with Crippen molar-refractivity contribution in [2.45, 2.75) is 19.3 Å². The molecule has 0 saturated heterocycles. The molecule has 1 unspecified atom stereocenters. The molecule has 0 saturated carbocycles. The highest BCUT2D eigenvalue weighted by atomic mass is 16.5. The highest BCUT2D eigenvalue weighted by Crippen LogP contribution is 2.25. The first-order chi connectivity index (χ1) is 10.1. The largest absolute Gasteiger partial charge is 0.508 e. The number of hydrogen-bond acceptors (Lipinski definition) is 3. The lowest BCUT2D eigenvalue weighted by atomic mass is 9.92. The van der Waals surface area contributed by atoms with Gasteiger partial charge in [0.1, 0.15) is 11.5 Å². The SMILES string of the molecule is CCOc1ccc(CC(C(=O)O)c2cccc(O)c2)cc1. The fourth-order valence-electron chi connectivity index (χ4n) is 2.21. The molecule has 1 atom stereocenters. The maximum absolute atomic E-state index is 11.5. The summed E-state index contributed by atoms with van der Waals surface area (Å²) in [6, 6.07) is 13.8. The van der Waals surface area contributed by atoms with Crippen LogP contribution in [0.3, 0.4) is 0 Å². The predicted octanol–water partition coefficient (Wildman–Crippen LogP) is 3.20. The Morgan fingerprint density at radius 2 is 1.90 bits per heavy atom. The predicted molar refractivity (Wildman–Crippen MR) is 79.8 cm³/mol. The number of hydrogen-bond donors (Lipinski definition) is 2. The van der Waals surface area contributed by atoms with Crippen molar-refractivity contribution in [2.24, 2.45) is 0 Å². The van der Waals surface area contributed by atoms with E-state index in [-0.39, 0.29) is 5.75 Å². The zero-order valence-corrected chi connectivity index (χ0v) is 11.8. The molecule has 0 aliphatic carbocycles. The number of phenols is 1. The lowest BCUT2D eigenvalue weighted by Crippen LogP contribution is -2.14. The number of benzene rings is 2. The van der Waals surface area contributed by atoms with Crippen molar-refractivity contribution in [3.05, 3.63) is 59.7 Å². The third-order valence-corrected chi connectivity index (χ3v) is 3.24. The first-order valence-electron chi connectivity index (χ1n) is 6.83. The zero-order chi connectivity index (χ0) is 15.2. The van der Waals surface area contributed by atoms with Crippen LogP contribution in [0.25, 0.3) is 0 Å². The topological polar surface area (TPSA) is 66.8 Å². The minimum Gasteiger partial charge on any atom is -0.508 e. The molecule has 0 spiro atoms. The number of rotatable bonds is 6. The van der Waals surface area contributed by atoms with Crippen LogP contribution in [0.4, 0.5) is 0 Å². The van der Waals surface area contributed by atoms with Crippen molar-refractivity contribution in [1.82, 2.24) is 0 Å². The van der Waals surface area contributed by atoms with E-state index in [1.807, 2.05) is 31.2 Å². The molecule has 0 aliphatic rings. The van der Waals surface area contributed by atoms with Crippen LogP contribution in [0.15, 0.2) is 48.5 Å². The first kappa shape index (κ1) is 14.9. The van der Waals surface area contributed by atoms with Crippen LogP contribution in [0.1, 0.15) is 24.0 Å². The monoisotopic (exact) mass is 286 g/mol. The van der Waals surface area contributed by atoms with Crippen molar-refractivity contribution in [3.63, 3.8) is 0 Å². The number of ether oxygens (including phenoxy) is 1. The van der Waals surface area contributed by atoms with Crippen LogP contribution in [0.2, 0.25) is 0 Å². The van der Waals surface area contributed by atoms with E-state index >= 15 is 0 Å². The Morgan fingerprint density at radius 1 is 1.19 bits per heavy atom. The number of carbonyl (C=O) groups is 1. The average Bonchev–Trinajstić information content (AvgIpc) is 2.46. The van der Waals surface area contributed by atoms with Gasteiger partial charge in [-0.1, -0.05) is 24.3 Å². The van der Waals surface area contributed by atoms with Crippen molar-refractivity contribution in [2.75, 3.05) is 6.61 Å². The molecule has 2 N–H and O–H groups in total. The molecule has 2 aromatic carbocycles. The summed E-state index contributed by atoms with van der Waals surface area (Å²) in [6.07, 6.45) is 0.366. The molecule has 0 fully saturated rings. The third-order valence-electron chi connectivity index (χ3n) is 3.24. The van der Waals surface area contributed by atoms with E-state index in [1.165, 1.54) is 12.1 Å². The van der Waals surface area contributed by atoms with Gasteiger partial charge in [0.15, 0.2) is 0 Å². The Morgan fingerprint density at radius 3 is 2.48 bits per heavy atom. The molecule has 0 radical (unpaired) electrons. The van der Waals surface area contributed by atoms with E-state index in [9.17, 15) is 15.0 Å². The summed E-state index contributed by atoms with van der Waals surface area (Å²) in [6.45, 7) is 2.51. The lowest BCUT2D eigenvalue weighted by Gasteiger charge is -2.13. The van der Waals surface area contributed by atoms with Crippen molar-refractivity contribution in [1.29, 1.82) is 0 Å². The maximum Gasteiger partial charge on any atom is 0.311 e. The van der Waals surface area contributed by atoms with Crippen molar-refractivity contribution < 1.29 is 19.7 Å². The van der Waals surface area contributed by atoms with Gasteiger partial charge in [-0.15, -0.1) is 0 Å². The Labute approximate surface area is 123 Å². The van der Waals surface area contributed by atoms with E-state index in [4.69, 9.17) is 4.74 Å². The summed E-state index contributed by atoms with van der Waals surface area (Å²) >= 11 is 0. The van der Waals surface area contributed by atoms with Gasteiger partial charge in [-0.05, 0) is 48.7 Å². The van der Waals surface area contributed by atoms with Gasteiger partial charge in [-0.2, -0.15) is 0 Å². The van der Waals surface area contributed by atoms with Crippen molar-refractivity contribution >= 4 is 5.97 Å². The second-order valence-electron chi connectivity index (χ2n) is 4.77. The minimum absolute atomic E-state index is 0.0745. The van der Waals surface area contributed by atoms with Crippen LogP contribution in [0, 0.1) is 0 Å². The van der Waals surface area contributed by atoms with Crippen LogP contribution in [-0.4, -0.2) is 22.8 Å². The molecule has 0 amide bonds. The van der Waals surface area contributed by atoms with Crippen LogP contribution in [-0.2, 0) is 11.2 Å². The van der Waals surface area contributed by atoms with Crippen LogP contribution in [0.5, 0.6) is 11.5 Å². The van der Waals surface area contributed by atoms with Gasteiger partial charge >= 0.3 is 5.97 Å². The number of aliphatic carboxylic acids is 1. The molecule has 21 heavy (non-hydrogen) atoms.